The Kier molecular flexibility index (Phi) is 6.45. The fraction of sp³-hybridized carbons (Fsp3) is 0.226. The highest BCUT2D eigenvalue weighted by Gasteiger charge is 2.35. The third-order valence-electron chi connectivity index (χ3n) is 7.46. The number of benzene rings is 3. The number of nitrogens with zero attached hydrogens (tertiary/aromatic N) is 5. The van der Waals surface area contributed by atoms with E-state index in [0.717, 1.165) is 16.7 Å². The van der Waals surface area contributed by atoms with Crippen LogP contribution in [0.2, 0.25) is 0 Å². The molecular weight excluding hydrogens is 522 g/mol. The van der Waals surface area contributed by atoms with Crippen LogP contribution in [0.15, 0.2) is 75.9 Å². The Bertz CT molecular complexity index is 1830. The van der Waals surface area contributed by atoms with Crippen LogP contribution in [0.4, 0.5) is 5.95 Å². The molecule has 10 nitrogen and oxygen atoms in total. The average molecular weight is 552 g/mol. The number of amides is 1. The molecule has 1 atom stereocenters. The van der Waals surface area contributed by atoms with Crippen LogP contribution in [0, 0.1) is 0 Å². The first-order chi connectivity index (χ1) is 19.8. The molecule has 10 heteroatoms. The minimum absolute atomic E-state index is 0.0413. The number of aromatic hydroxyl groups is 1. The summed E-state index contributed by atoms with van der Waals surface area (Å²) in [6.45, 7) is 0.509. The molecule has 1 aliphatic heterocycles. The Hall–Kier alpha value is -5.12. The van der Waals surface area contributed by atoms with Gasteiger partial charge in [-0.2, -0.15) is 0 Å². The number of hydrogen-bond donors (Lipinski definition) is 1. The predicted molar refractivity (Wildman–Crippen MR) is 154 cm³/mol. The van der Waals surface area contributed by atoms with Crippen LogP contribution < -0.4 is 15.2 Å². The Labute approximate surface area is 236 Å². The Balaban J connectivity index is 1.57. The number of ether oxygens (including phenoxy) is 1. The zero-order chi connectivity index (χ0) is 28.8. The van der Waals surface area contributed by atoms with Crippen LogP contribution in [0.25, 0.3) is 22.7 Å². The molecule has 0 aliphatic carbocycles. The van der Waals surface area contributed by atoms with Gasteiger partial charge in [-0.05, 0) is 47.9 Å². The smallest absolute Gasteiger partial charge is 0.297 e. The van der Waals surface area contributed by atoms with Gasteiger partial charge in [-0.25, -0.2) is 9.97 Å². The third-order valence-corrected chi connectivity index (χ3v) is 7.46. The van der Waals surface area contributed by atoms with Crippen molar-refractivity contribution in [2.24, 2.45) is 7.05 Å². The van der Waals surface area contributed by atoms with Crippen LogP contribution >= 0.6 is 0 Å². The third kappa shape index (κ3) is 4.37. The van der Waals surface area contributed by atoms with Crippen LogP contribution in [-0.4, -0.2) is 58.2 Å². The highest BCUT2D eigenvalue weighted by atomic mass is 16.5. The lowest BCUT2D eigenvalue weighted by atomic mass is 9.86. The molecule has 208 valence electrons. The number of methoxy groups -OCH3 is 1. The van der Waals surface area contributed by atoms with Gasteiger partial charge in [0.1, 0.15) is 11.3 Å². The summed E-state index contributed by atoms with van der Waals surface area (Å²) in [5, 5.41) is 10.9. The van der Waals surface area contributed by atoms with Crippen molar-refractivity contribution in [3.05, 3.63) is 99.3 Å². The van der Waals surface area contributed by atoms with E-state index in [4.69, 9.17) is 14.1 Å². The van der Waals surface area contributed by atoms with Gasteiger partial charge in [0.05, 0.1) is 13.2 Å². The number of rotatable bonds is 5. The quantitative estimate of drug-likeness (QED) is 0.347. The number of oxazole rings is 1. The van der Waals surface area contributed by atoms with Gasteiger partial charge < -0.3 is 24.1 Å². The summed E-state index contributed by atoms with van der Waals surface area (Å²) in [5.74, 6) is 0.358. The maximum atomic E-state index is 13.4. The SMILES string of the molecule is COc1ccccc1C1c2cc(C(=O)N(C)C)ccc2CCN1c1nc(-c2nc3ccccc3o2)c(O)c(=O)n1C. The van der Waals surface area contributed by atoms with Gasteiger partial charge in [-0.15, -0.1) is 0 Å². The number of aromatic nitrogens is 3. The average Bonchev–Trinajstić information content (AvgIpc) is 3.43. The molecule has 1 amide bonds. The van der Waals surface area contributed by atoms with E-state index >= 15 is 0 Å². The Morgan fingerprint density at radius 2 is 1.80 bits per heavy atom. The fourth-order valence-corrected chi connectivity index (χ4v) is 5.41. The normalized spacial score (nSPS) is 14.6. The minimum Gasteiger partial charge on any atom is -0.501 e. The van der Waals surface area contributed by atoms with Crippen molar-refractivity contribution in [3.63, 3.8) is 0 Å². The molecule has 0 spiro atoms. The van der Waals surface area contributed by atoms with Crippen LogP contribution in [-0.2, 0) is 13.5 Å². The topological polar surface area (TPSA) is 114 Å². The first kappa shape index (κ1) is 26.1. The number of fused-ring (bicyclic) bond motifs is 2. The second kappa shape index (κ2) is 10.1. The van der Waals surface area contributed by atoms with Crippen molar-refractivity contribution in [2.45, 2.75) is 12.5 Å². The summed E-state index contributed by atoms with van der Waals surface area (Å²) in [6.07, 6.45) is 0.645. The van der Waals surface area contributed by atoms with E-state index in [0.29, 0.717) is 41.3 Å². The zero-order valence-electron chi connectivity index (χ0n) is 23.2. The van der Waals surface area contributed by atoms with E-state index in [1.165, 1.54) is 9.47 Å². The van der Waals surface area contributed by atoms with E-state index in [2.05, 4.69) is 4.98 Å². The molecule has 0 saturated carbocycles. The molecule has 1 N–H and O–H groups in total. The van der Waals surface area contributed by atoms with Gasteiger partial charge in [0.25, 0.3) is 17.4 Å². The monoisotopic (exact) mass is 551 g/mol. The lowest BCUT2D eigenvalue weighted by Gasteiger charge is -2.39. The maximum absolute atomic E-state index is 13.4. The van der Waals surface area contributed by atoms with Gasteiger partial charge in [0, 0.05) is 38.8 Å². The van der Waals surface area contributed by atoms with E-state index in [-0.39, 0.29) is 17.5 Å². The highest BCUT2D eigenvalue weighted by molar-refractivity contribution is 5.94. The van der Waals surface area contributed by atoms with Gasteiger partial charge in [0.15, 0.2) is 11.3 Å². The first-order valence-electron chi connectivity index (χ1n) is 13.2. The molecule has 0 saturated heterocycles. The van der Waals surface area contributed by atoms with Crippen LogP contribution in [0.5, 0.6) is 11.5 Å². The molecule has 1 aliphatic rings. The lowest BCUT2D eigenvalue weighted by Crippen LogP contribution is -2.40. The number of hydrogen-bond acceptors (Lipinski definition) is 8. The van der Waals surface area contributed by atoms with Gasteiger partial charge in [-0.3, -0.25) is 14.2 Å². The standard InChI is InChI=1S/C31H29N5O5/c1-34(2)29(38)19-14-13-18-15-16-36(26(21(18)17-19)20-9-5-7-11-23(20)40-4)31-33-25(27(37)30(39)35(31)3)28-32-22-10-6-8-12-24(22)41-28/h5-14,17,26,37H,15-16H2,1-4H3. The van der Waals surface area contributed by atoms with E-state index < -0.39 is 17.4 Å². The lowest BCUT2D eigenvalue weighted by molar-refractivity contribution is 0.0827. The number of carbonyl (C=O) groups excluding carboxylic acids is 1. The summed E-state index contributed by atoms with van der Waals surface area (Å²) < 4.78 is 13.0. The van der Waals surface area contributed by atoms with Crippen molar-refractivity contribution < 1.29 is 19.1 Å². The fourth-order valence-electron chi connectivity index (χ4n) is 5.41. The second-order valence-corrected chi connectivity index (χ2v) is 10.2. The molecule has 41 heavy (non-hydrogen) atoms. The Morgan fingerprint density at radius 3 is 2.56 bits per heavy atom. The molecule has 5 aromatic rings. The van der Waals surface area contributed by atoms with E-state index in [1.54, 1.807) is 40.4 Å². The maximum Gasteiger partial charge on any atom is 0.297 e. The summed E-state index contributed by atoms with van der Waals surface area (Å²) in [4.78, 5) is 39.1. The number of para-hydroxylation sites is 3. The largest absolute Gasteiger partial charge is 0.501 e. The summed E-state index contributed by atoms with van der Waals surface area (Å²) >= 11 is 0. The van der Waals surface area contributed by atoms with Crippen molar-refractivity contribution in [1.29, 1.82) is 0 Å². The molecule has 1 unspecified atom stereocenters. The van der Waals surface area contributed by atoms with Crippen molar-refractivity contribution in [1.82, 2.24) is 19.4 Å². The van der Waals surface area contributed by atoms with Gasteiger partial charge in [0.2, 0.25) is 11.7 Å². The molecule has 3 heterocycles. The van der Waals surface area contributed by atoms with E-state index in [9.17, 15) is 14.7 Å². The molecule has 3 aromatic carbocycles. The van der Waals surface area contributed by atoms with Gasteiger partial charge in [-0.1, -0.05) is 36.4 Å². The Morgan fingerprint density at radius 1 is 1.05 bits per heavy atom. The summed E-state index contributed by atoms with van der Waals surface area (Å²) in [7, 11) is 6.62. The first-order valence-corrected chi connectivity index (χ1v) is 13.2. The van der Waals surface area contributed by atoms with Crippen LogP contribution in [0.3, 0.4) is 0 Å². The molecule has 6 rings (SSSR count). The molecule has 0 radical (unpaired) electrons. The number of carbonyl (C=O) groups is 1. The molecule has 2 aromatic heterocycles. The van der Waals surface area contributed by atoms with Crippen molar-refractivity contribution >= 4 is 23.0 Å². The molecule has 0 fully saturated rings. The predicted octanol–water partition coefficient (Wildman–Crippen LogP) is 4.16. The van der Waals surface area contributed by atoms with Crippen molar-refractivity contribution in [2.75, 3.05) is 32.6 Å². The molecular formula is C31H29N5O5. The highest BCUT2D eigenvalue weighted by Crippen LogP contribution is 2.42. The van der Waals surface area contributed by atoms with Crippen molar-refractivity contribution in [3.8, 4) is 23.1 Å². The van der Waals surface area contributed by atoms with E-state index in [1.807, 2.05) is 59.5 Å². The minimum atomic E-state index is -0.631. The number of anilines is 1. The van der Waals surface area contributed by atoms with Gasteiger partial charge >= 0.3 is 0 Å². The second-order valence-electron chi connectivity index (χ2n) is 10.2. The zero-order valence-corrected chi connectivity index (χ0v) is 23.2. The molecule has 0 bridgehead atoms. The summed E-state index contributed by atoms with van der Waals surface area (Å²) in [6, 6.07) is 20.1. The van der Waals surface area contributed by atoms with Crippen LogP contribution in [0.1, 0.15) is 33.1 Å². The summed E-state index contributed by atoms with van der Waals surface area (Å²) in [5.41, 5.74) is 3.81.